The highest BCUT2D eigenvalue weighted by Gasteiger charge is 2.06. The van der Waals surface area contributed by atoms with E-state index in [-0.39, 0.29) is 18.2 Å². The summed E-state index contributed by atoms with van der Waals surface area (Å²) in [5.74, 6) is 0.144. The van der Waals surface area contributed by atoms with Gasteiger partial charge in [-0.15, -0.1) is 0 Å². The van der Waals surface area contributed by atoms with Gasteiger partial charge in [0, 0.05) is 23.7 Å². The largest absolute Gasteiger partial charge is 0.484 e. The summed E-state index contributed by atoms with van der Waals surface area (Å²) in [4.78, 5) is 21.7. The van der Waals surface area contributed by atoms with E-state index in [1.165, 1.54) is 24.3 Å². The number of amides is 1. The van der Waals surface area contributed by atoms with E-state index in [0.717, 1.165) is 5.56 Å². The van der Waals surface area contributed by atoms with E-state index in [1.54, 1.807) is 6.07 Å². The van der Waals surface area contributed by atoms with Gasteiger partial charge in [0.25, 0.3) is 11.6 Å². The van der Waals surface area contributed by atoms with Gasteiger partial charge in [-0.3, -0.25) is 14.9 Å². The van der Waals surface area contributed by atoms with E-state index >= 15 is 0 Å². The second-order valence-corrected chi connectivity index (χ2v) is 5.21. The lowest BCUT2D eigenvalue weighted by Crippen LogP contribution is -2.30. The predicted octanol–water partition coefficient (Wildman–Crippen LogP) is 2.99. The molecule has 0 saturated carbocycles. The van der Waals surface area contributed by atoms with Crippen molar-refractivity contribution in [1.29, 1.82) is 0 Å². The van der Waals surface area contributed by atoms with Crippen molar-refractivity contribution in [3.05, 3.63) is 69.2 Å². The molecule has 0 unspecified atom stereocenters. The third-order valence-electron chi connectivity index (χ3n) is 3.04. The number of halogens is 1. The Morgan fingerprint density at radius 1 is 1.22 bits per heavy atom. The number of nitro benzene ring substituents is 1. The number of hydrogen-bond acceptors (Lipinski definition) is 4. The first kappa shape index (κ1) is 16.8. The van der Waals surface area contributed by atoms with Crippen LogP contribution in [0.15, 0.2) is 48.5 Å². The molecule has 0 aliphatic rings. The lowest BCUT2D eigenvalue weighted by molar-refractivity contribution is -0.384. The maximum absolute atomic E-state index is 11.7. The second kappa shape index (κ2) is 8.14. The van der Waals surface area contributed by atoms with Crippen molar-refractivity contribution in [2.45, 2.75) is 6.42 Å². The van der Waals surface area contributed by atoms with E-state index in [1.807, 2.05) is 18.2 Å². The zero-order valence-corrected chi connectivity index (χ0v) is 13.0. The summed E-state index contributed by atoms with van der Waals surface area (Å²) in [5, 5.41) is 13.9. The van der Waals surface area contributed by atoms with E-state index < -0.39 is 4.92 Å². The molecule has 6 nitrogen and oxygen atoms in total. The minimum absolute atomic E-state index is 0.0247. The molecule has 0 atom stereocenters. The molecule has 0 saturated heterocycles. The van der Waals surface area contributed by atoms with Crippen LogP contribution in [0.1, 0.15) is 5.56 Å². The normalized spacial score (nSPS) is 10.1. The SMILES string of the molecule is O=C(COc1ccc([N+](=O)[O-])cc1)NCCc1cccc(Cl)c1. The van der Waals surface area contributed by atoms with Crippen molar-refractivity contribution in [1.82, 2.24) is 5.32 Å². The van der Waals surface area contributed by atoms with Gasteiger partial charge < -0.3 is 10.1 Å². The fourth-order valence-electron chi connectivity index (χ4n) is 1.90. The number of nitro groups is 1. The van der Waals surface area contributed by atoms with Crippen molar-refractivity contribution in [3.63, 3.8) is 0 Å². The number of non-ortho nitro benzene ring substituents is 1. The maximum Gasteiger partial charge on any atom is 0.269 e. The van der Waals surface area contributed by atoms with Gasteiger partial charge in [-0.25, -0.2) is 0 Å². The monoisotopic (exact) mass is 334 g/mol. The molecule has 0 heterocycles. The standard InChI is InChI=1S/C16H15ClN2O4/c17-13-3-1-2-12(10-13)8-9-18-16(20)11-23-15-6-4-14(5-7-15)19(21)22/h1-7,10H,8-9,11H2,(H,18,20). The Morgan fingerprint density at radius 3 is 2.61 bits per heavy atom. The molecule has 120 valence electrons. The number of rotatable bonds is 7. The maximum atomic E-state index is 11.7. The van der Waals surface area contributed by atoms with E-state index in [0.29, 0.717) is 23.7 Å². The summed E-state index contributed by atoms with van der Waals surface area (Å²) < 4.78 is 5.27. The molecule has 1 amide bonds. The van der Waals surface area contributed by atoms with Gasteiger partial charge in [0.2, 0.25) is 0 Å². The minimum atomic E-state index is -0.494. The molecule has 1 N–H and O–H groups in total. The van der Waals surface area contributed by atoms with Crippen molar-refractivity contribution >= 4 is 23.2 Å². The molecule has 0 aliphatic carbocycles. The second-order valence-electron chi connectivity index (χ2n) is 4.77. The van der Waals surface area contributed by atoms with E-state index in [2.05, 4.69) is 5.32 Å². The van der Waals surface area contributed by atoms with Crippen molar-refractivity contribution in [2.24, 2.45) is 0 Å². The van der Waals surface area contributed by atoms with Crippen LogP contribution in [-0.2, 0) is 11.2 Å². The summed E-state index contributed by atoms with van der Waals surface area (Å²) in [6, 6.07) is 13.0. The van der Waals surface area contributed by atoms with Gasteiger partial charge in [-0.2, -0.15) is 0 Å². The van der Waals surface area contributed by atoms with Crippen molar-refractivity contribution < 1.29 is 14.5 Å². The molecule has 2 aromatic rings. The van der Waals surface area contributed by atoms with Gasteiger partial charge in [-0.1, -0.05) is 23.7 Å². The number of carbonyl (C=O) groups is 1. The summed E-state index contributed by atoms with van der Waals surface area (Å²) in [6.45, 7) is 0.330. The topological polar surface area (TPSA) is 81.5 Å². The van der Waals surface area contributed by atoms with Crippen LogP contribution < -0.4 is 10.1 Å². The van der Waals surface area contributed by atoms with E-state index in [9.17, 15) is 14.9 Å². The van der Waals surface area contributed by atoms with Crippen LogP contribution in [0.25, 0.3) is 0 Å². The number of benzene rings is 2. The molecule has 2 rings (SSSR count). The molecule has 0 fully saturated rings. The molecule has 23 heavy (non-hydrogen) atoms. The third kappa shape index (κ3) is 5.60. The van der Waals surface area contributed by atoms with Crippen LogP contribution in [0.5, 0.6) is 5.75 Å². The Balaban J connectivity index is 1.71. The highest BCUT2D eigenvalue weighted by Crippen LogP contribution is 2.17. The van der Waals surface area contributed by atoms with Crippen LogP contribution >= 0.6 is 11.6 Å². The first-order valence-electron chi connectivity index (χ1n) is 6.93. The van der Waals surface area contributed by atoms with Gasteiger partial charge in [0.15, 0.2) is 6.61 Å². The van der Waals surface area contributed by atoms with Crippen LogP contribution in [0, 0.1) is 10.1 Å². The summed E-state index contributed by atoms with van der Waals surface area (Å²) >= 11 is 5.89. The number of hydrogen-bond donors (Lipinski definition) is 1. The fraction of sp³-hybridized carbons (Fsp3) is 0.188. The highest BCUT2D eigenvalue weighted by molar-refractivity contribution is 6.30. The zero-order valence-electron chi connectivity index (χ0n) is 12.2. The lowest BCUT2D eigenvalue weighted by atomic mass is 10.1. The average molecular weight is 335 g/mol. The Hall–Kier alpha value is -2.60. The summed E-state index contributed by atoms with van der Waals surface area (Å²) in [5.41, 5.74) is 1.01. The molecule has 7 heteroatoms. The average Bonchev–Trinajstić information content (AvgIpc) is 2.53. The number of nitrogens with zero attached hydrogens (tertiary/aromatic N) is 1. The van der Waals surface area contributed by atoms with Gasteiger partial charge >= 0.3 is 0 Å². The molecular formula is C16H15ClN2O4. The van der Waals surface area contributed by atoms with Crippen LogP contribution in [0.3, 0.4) is 0 Å². The van der Waals surface area contributed by atoms with Crippen LogP contribution in [0.4, 0.5) is 5.69 Å². The third-order valence-corrected chi connectivity index (χ3v) is 3.28. The van der Waals surface area contributed by atoms with Gasteiger partial charge in [0.05, 0.1) is 4.92 Å². The number of ether oxygens (including phenoxy) is 1. The van der Waals surface area contributed by atoms with Crippen LogP contribution in [0.2, 0.25) is 5.02 Å². The molecule has 0 aliphatic heterocycles. The summed E-state index contributed by atoms with van der Waals surface area (Å²) in [6.07, 6.45) is 0.670. The molecular weight excluding hydrogens is 320 g/mol. The summed E-state index contributed by atoms with van der Waals surface area (Å²) in [7, 11) is 0. The van der Waals surface area contributed by atoms with Gasteiger partial charge in [0.1, 0.15) is 5.75 Å². The Morgan fingerprint density at radius 2 is 1.96 bits per heavy atom. The van der Waals surface area contributed by atoms with Crippen LogP contribution in [-0.4, -0.2) is 24.0 Å². The van der Waals surface area contributed by atoms with E-state index in [4.69, 9.17) is 16.3 Å². The van der Waals surface area contributed by atoms with Gasteiger partial charge in [-0.05, 0) is 36.2 Å². The zero-order chi connectivity index (χ0) is 16.7. The Labute approximate surface area is 138 Å². The Kier molecular flexibility index (Phi) is 5.94. The first-order valence-corrected chi connectivity index (χ1v) is 7.31. The molecule has 0 spiro atoms. The molecule has 0 aromatic heterocycles. The number of carbonyl (C=O) groups excluding carboxylic acids is 1. The fourth-order valence-corrected chi connectivity index (χ4v) is 2.12. The Bertz CT molecular complexity index is 689. The van der Waals surface area contributed by atoms with Crippen molar-refractivity contribution in [3.8, 4) is 5.75 Å². The molecule has 0 radical (unpaired) electrons. The predicted molar refractivity (Wildman–Crippen MR) is 86.8 cm³/mol. The minimum Gasteiger partial charge on any atom is -0.484 e. The highest BCUT2D eigenvalue weighted by atomic mass is 35.5. The number of nitrogens with one attached hydrogen (secondary N) is 1. The smallest absolute Gasteiger partial charge is 0.269 e. The molecule has 0 bridgehead atoms. The first-order chi connectivity index (χ1) is 11.0. The lowest BCUT2D eigenvalue weighted by Gasteiger charge is -2.07. The quantitative estimate of drug-likeness (QED) is 0.623. The van der Waals surface area contributed by atoms with Crippen molar-refractivity contribution in [2.75, 3.05) is 13.2 Å². The molecule has 2 aromatic carbocycles.